The van der Waals surface area contributed by atoms with Crippen molar-refractivity contribution in [3.8, 4) is 0 Å². The topological polar surface area (TPSA) is 108 Å². The van der Waals surface area contributed by atoms with Crippen LogP contribution in [0.3, 0.4) is 0 Å². The van der Waals surface area contributed by atoms with E-state index in [1.54, 1.807) is 24.4 Å². The summed E-state index contributed by atoms with van der Waals surface area (Å²) in [4.78, 5) is 18.3. The van der Waals surface area contributed by atoms with Gasteiger partial charge in [-0.3, -0.25) is 9.71 Å². The Hall–Kier alpha value is -3.08. The van der Waals surface area contributed by atoms with Crippen LogP contribution in [0, 0.1) is 5.82 Å². The zero-order chi connectivity index (χ0) is 24.5. The highest BCUT2D eigenvalue weighted by atomic mass is 32.2. The minimum absolute atomic E-state index is 0.123. The molecule has 2 aliphatic rings. The van der Waals surface area contributed by atoms with Gasteiger partial charge in [-0.05, 0) is 42.9 Å². The second-order valence-electron chi connectivity index (χ2n) is 8.11. The Labute approximate surface area is 197 Å². The van der Waals surface area contributed by atoms with Gasteiger partial charge in [0.1, 0.15) is 17.0 Å². The summed E-state index contributed by atoms with van der Waals surface area (Å²) in [6.45, 7) is 6.78. The van der Waals surface area contributed by atoms with E-state index in [0.29, 0.717) is 25.1 Å². The normalized spacial score (nSPS) is 19.1. The average molecular weight is 488 g/mol. The smallest absolute Gasteiger partial charge is 0.340 e. The zero-order valence-electron chi connectivity index (χ0n) is 18.9. The number of ether oxygens (including phenoxy) is 1. The number of nitrogens with zero attached hydrogens (tertiary/aromatic N) is 2. The molecule has 0 aliphatic carbocycles. The fraction of sp³-hybridized carbons (Fsp3) is 0.333. The summed E-state index contributed by atoms with van der Waals surface area (Å²) >= 11 is 0. The van der Waals surface area contributed by atoms with Gasteiger partial charge in [0.15, 0.2) is 0 Å². The molecule has 2 aromatic carbocycles. The summed E-state index contributed by atoms with van der Waals surface area (Å²) in [5.74, 6) is -1.90. The number of nitrogens with one attached hydrogen (secondary N) is 1. The SMILES string of the molecule is CCN(CC)C/C=C\c1cc(F)ccc1S(=O)(=O)Nc1ccc2c(c1C(=O)O)N=CC21CCO1. The highest BCUT2D eigenvalue weighted by Gasteiger charge is 2.45. The number of aliphatic imine (C=N–C) groups is 1. The van der Waals surface area contributed by atoms with E-state index in [-0.39, 0.29) is 27.4 Å². The standard InChI is InChI=1S/C24H26FN3O5S/c1-3-28(4-2)12-5-6-16-14-17(25)7-10-20(16)34(31,32)27-19-9-8-18-22(21(19)23(29)30)26-15-24(18)11-13-33-24/h5-10,14-15,27H,3-4,11-13H2,1-2H3,(H,29,30)/b6-5-. The fourth-order valence-electron chi connectivity index (χ4n) is 4.15. The van der Waals surface area contributed by atoms with Crippen LogP contribution < -0.4 is 4.72 Å². The minimum Gasteiger partial charge on any atom is -0.478 e. The number of sulfonamides is 1. The molecule has 1 unspecified atom stereocenters. The Morgan fingerprint density at radius 3 is 2.65 bits per heavy atom. The minimum atomic E-state index is -4.24. The Bertz CT molecular complexity index is 1280. The first-order chi connectivity index (χ1) is 16.2. The Morgan fingerprint density at radius 1 is 1.29 bits per heavy atom. The maximum Gasteiger partial charge on any atom is 0.340 e. The fourth-order valence-corrected chi connectivity index (χ4v) is 5.40. The van der Waals surface area contributed by atoms with Gasteiger partial charge in [0, 0.05) is 24.7 Å². The van der Waals surface area contributed by atoms with Crippen molar-refractivity contribution in [3.05, 3.63) is 58.9 Å². The van der Waals surface area contributed by atoms with Gasteiger partial charge >= 0.3 is 5.97 Å². The molecule has 34 heavy (non-hydrogen) atoms. The number of aromatic carboxylic acids is 1. The summed E-state index contributed by atoms with van der Waals surface area (Å²) in [5.41, 5.74) is -0.187. The van der Waals surface area contributed by atoms with Crippen LogP contribution in [0.25, 0.3) is 6.08 Å². The van der Waals surface area contributed by atoms with Gasteiger partial charge in [-0.25, -0.2) is 17.6 Å². The number of benzene rings is 2. The third-order valence-electron chi connectivity index (χ3n) is 6.14. The van der Waals surface area contributed by atoms with Gasteiger partial charge in [0.05, 0.1) is 22.9 Å². The predicted molar refractivity (Wildman–Crippen MR) is 128 cm³/mol. The Kier molecular flexibility index (Phi) is 6.57. The number of carbonyl (C=O) groups is 1. The lowest BCUT2D eigenvalue weighted by Gasteiger charge is -2.36. The van der Waals surface area contributed by atoms with Gasteiger partial charge < -0.3 is 14.7 Å². The second-order valence-corrected chi connectivity index (χ2v) is 9.76. The van der Waals surface area contributed by atoms with E-state index < -0.39 is 27.4 Å². The van der Waals surface area contributed by atoms with Crippen molar-refractivity contribution in [2.75, 3.05) is 31.0 Å². The first-order valence-electron chi connectivity index (χ1n) is 11.0. The number of anilines is 1. The molecule has 1 atom stereocenters. The quantitative estimate of drug-likeness (QED) is 0.553. The third kappa shape index (κ3) is 4.36. The van der Waals surface area contributed by atoms with Crippen LogP contribution in [-0.4, -0.2) is 56.8 Å². The molecular weight excluding hydrogens is 461 g/mol. The molecule has 0 bridgehead atoms. The highest BCUT2D eigenvalue weighted by Crippen LogP contribution is 2.48. The van der Waals surface area contributed by atoms with Crippen molar-refractivity contribution in [1.82, 2.24) is 4.90 Å². The first kappa shape index (κ1) is 24.1. The first-order valence-corrected chi connectivity index (χ1v) is 12.5. The number of hydrogen-bond donors (Lipinski definition) is 2. The lowest BCUT2D eigenvalue weighted by atomic mass is 9.87. The molecule has 0 amide bonds. The van der Waals surface area contributed by atoms with E-state index >= 15 is 0 Å². The van der Waals surface area contributed by atoms with Crippen LogP contribution in [0.4, 0.5) is 15.8 Å². The molecule has 1 spiro atoms. The molecule has 2 aromatic rings. The van der Waals surface area contributed by atoms with Crippen molar-refractivity contribution >= 4 is 39.7 Å². The Balaban J connectivity index is 1.69. The van der Waals surface area contributed by atoms with E-state index in [1.165, 1.54) is 6.07 Å². The molecule has 0 radical (unpaired) electrons. The summed E-state index contributed by atoms with van der Waals surface area (Å²) in [5, 5.41) is 9.85. The number of hydrogen-bond acceptors (Lipinski definition) is 6. The van der Waals surface area contributed by atoms with Gasteiger partial charge in [0.25, 0.3) is 10.0 Å². The molecule has 1 saturated heterocycles. The molecule has 1 fully saturated rings. The van der Waals surface area contributed by atoms with Crippen LogP contribution >= 0.6 is 0 Å². The number of carboxylic acid groups (broad SMARTS) is 1. The molecule has 2 aliphatic heterocycles. The van der Waals surface area contributed by atoms with Gasteiger partial charge in [-0.1, -0.05) is 32.1 Å². The summed E-state index contributed by atoms with van der Waals surface area (Å²) in [6, 6.07) is 6.38. The van der Waals surface area contributed by atoms with Crippen molar-refractivity contribution < 1.29 is 27.4 Å². The second kappa shape index (κ2) is 9.28. The van der Waals surface area contributed by atoms with Crippen LogP contribution in [0.15, 0.2) is 46.3 Å². The Morgan fingerprint density at radius 2 is 2.03 bits per heavy atom. The van der Waals surface area contributed by atoms with Gasteiger partial charge in [-0.2, -0.15) is 0 Å². The maximum absolute atomic E-state index is 13.9. The molecule has 2 heterocycles. The number of likely N-dealkylation sites (N-methyl/N-ethyl adjacent to an activating group) is 1. The van der Waals surface area contributed by atoms with E-state index in [1.807, 2.05) is 13.8 Å². The molecule has 10 heteroatoms. The van der Waals surface area contributed by atoms with E-state index in [0.717, 1.165) is 31.3 Å². The van der Waals surface area contributed by atoms with Crippen molar-refractivity contribution in [3.63, 3.8) is 0 Å². The van der Waals surface area contributed by atoms with Crippen molar-refractivity contribution in [1.29, 1.82) is 0 Å². The zero-order valence-corrected chi connectivity index (χ0v) is 19.7. The maximum atomic E-state index is 13.9. The molecule has 0 saturated carbocycles. The van der Waals surface area contributed by atoms with E-state index in [4.69, 9.17) is 4.74 Å². The van der Waals surface area contributed by atoms with Crippen molar-refractivity contribution in [2.24, 2.45) is 4.99 Å². The summed E-state index contributed by atoms with van der Waals surface area (Å²) in [7, 11) is -4.24. The lowest BCUT2D eigenvalue weighted by molar-refractivity contribution is -0.0961. The lowest BCUT2D eigenvalue weighted by Crippen LogP contribution is -2.40. The highest BCUT2D eigenvalue weighted by molar-refractivity contribution is 7.92. The molecule has 0 aromatic heterocycles. The monoisotopic (exact) mass is 487 g/mol. The average Bonchev–Trinajstić information content (AvgIpc) is 3.16. The number of fused-ring (bicyclic) bond motifs is 2. The molecule has 4 rings (SSSR count). The van der Waals surface area contributed by atoms with Gasteiger partial charge in [0.2, 0.25) is 0 Å². The molecular formula is C24H26FN3O5S. The third-order valence-corrected chi connectivity index (χ3v) is 7.58. The van der Waals surface area contributed by atoms with Crippen LogP contribution in [0.5, 0.6) is 0 Å². The predicted octanol–water partition coefficient (Wildman–Crippen LogP) is 4.01. The summed E-state index contributed by atoms with van der Waals surface area (Å²) in [6.07, 6.45) is 5.56. The van der Waals surface area contributed by atoms with E-state index in [2.05, 4.69) is 14.6 Å². The number of carboxylic acids is 1. The van der Waals surface area contributed by atoms with E-state index in [9.17, 15) is 22.7 Å². The van der Waals surface area contributed by atoms with Gasteiger partial charge in [-0.15, -0.1) is 0 Å². The largest absolute Gasteiger partial charge is 0.478 e. The number of halogens is 1. The summed E-state index contributed by atoms with van der Waals surface area (Å²) < 4.78 is 48.5. The van der Waals surface area contributed by atoms with Crippen LogP contribution in [0.1, 0.15) is 41.8 Å². The van der Waals surface area contributed by atoms with Crippen LogP contribution in [-0.2, 0) is 20.4 Å². The van der Waals surface area contributed by atoms with Crippen molar-refractivity contribution in [2.45, 2.75) is 30.8 Å². The molecule has 180 valence electrons. The van der Waals surface area contributed by atoms with Crippen LogP contribution in [0.2, 0.25) is 0 Å². The number of rotatable bonds is 9. The molecule has 8 nitrogen and oxygen atoms in total. The molecule has 2 N–H and O–H groups in total.